The highest BCUT2D eigenvalue weighted by Gasteiger charge is 2.35. The molecule has 106 valence electrons. The van der Waals surface area contributed by atoms with Gasteiger partial charge in [0, 0.05) is 0 Å². The van der Waals surface area contributed by atoms with E-state index < -0.39 is 5.54 Å². The lowest BCUT2D eigenvalue weighted by Gasteiger charge is -2.28. The fourth-order valence-corrected chi connectivity index (χ4v) is 2.15. The van der Waals surface area contributed by atoms with Gasteiger partial charge in [-0.05, 0) is 45.6 Å². The van der Waals surface area contributed by atoms with Crippen LogP contribution in [-0.4, -0.2) is 24.7 Å². The van der Waals surface area contributed by atoms with Gasteiger partial charge in [-0.2, -0.15) is 0 Å². The van der Waals surface area contributed by atoms with E-state index in [-0.39, 0.29) is 5.97 Å². The Bertz CT molecular complexity index is 251. The number of rotatable bonds is 10. The predicted octanol–water partition coefficient (Wildman–Crippen LogP) is 3.28. The predicted molar refractivity (Wildman–Crippen MR) is 74.5 cm³/mol. The summed E-state index contributed by atoms with van der Waals surface area (Å²) in [5, 5.41) is 3.45. The van der Waals surface area contributed by atoms with Crippen LogP contribution in [0.4, 0.5) is 0 Å². The Kier molecular flexibility index (Phi) is 6.69. The number of hydrogen-bond acceptors (Lipinski definition) is 3. The molecule has 18 heavy (non-hydrogen) atoms. The molecule has 0 bridgehead atoms. The first-order valence-electron chi connectivity index (χ1n) is 7.54. The lowest BCUT2D eigenvalue weighted by atomic mass is 9.93. The minimum atomic E-state index is -0.480. The maximum absolute atomic E-state index is 12.1. The third kappa shape index (κ3) is 5.38. The molecule has 0 amide bonds. The van der Waals surface area contributed by atoms with Crippen LogP contribution in [0.5, 0.6) is 0 Å². The first-order valence-corrected chi connectivity index (χ1v) is 7.54. The van der Waals surface area contributed by atoms with Crippen molar-refractivity contribution in [3.63, 3.8) is 0 Å². The van der Waals surface area contributed by atoms with Gasteiger partial charge in [0.1, 0.15) is 5.54 Å². The molecule has 3 heteroatoms. The molecule has 0 heterocycles. The van der Waals surface area contributed by atoms with E-state index in [9.17, 15) is 4.79 Å². The first kappa shape index (κ1) is 15.5. The number of nitrogens with one attached hydrogen (secondary N) is 1. The lowest BCUT2D eigenvalue weighted by molar-refractivity contribution is -0.150. The first-order chi connectivity index (χ1) is 8.62. The molecule has 3 nitrogen and oxygen atoms in total. The van der Waals surface area contributed by atoms with Gasteiger partial charge in [0.15, 0.2) is 0 Å². The van der Waals surface area contributed by atoms with Gasteiger partial charge in [-0.25, -0.2) is 0 Å². The van der Waals surface area contributed by atoms with Crippen molar-refractivity contribution in [2.75, 3.05) is 13.2 Å². The van der Waals surface area contributed by atoms with Gasteiger partial charge in [0.25, 0.3) is 0 Å². The van der Waals surface area contributed by atoms with Gasteiger partial charge in [0.05, 0.1) is 6.61 Å². The zero-order valence-corrected chi connectivity index (χ0v) is 12.3. The van der Waals surface area contributed by atoms with Crippen LogP contribution in [0.2, 0.25) is 0 Å². The van der Waals surface area contributed by atoms with Crippen LogP contribution in [0, 0.1) is 5.92 Å². The number of carbonyl (C=O) groups excluding carboxylic acids is 1. The summed E-state index contributed by atoms with van der Waals surface area (Å²) in [4.78, 5) is 12.1. The number of ether oxygens (including phenoxy) is 1. The molecule has 0 radical (unpaired) electrons. The van der Waals surface area contributed by atoms with Crippen LogP contribution in [0.3, 0.4) is 0 Å². The van der Waals surface area contributed by atoms with Crippen LogP contribution in [0.1, 0.15) is 65.7 Å². The third-order valence-corrected chi connectivity index (χ3v) is 3.73. The number of carbonyl (C=O) groups is 1. The zero-order chi connectivity index (χ0) is 13.4. The van der Waals surface area contributed by atoms with Gasteiger partial charge < -0.3 is 10.1 Å². The van der Waals surface area contributed by atoms with Gasteiger partial charge in [-0.1, -0.05) is 32.6 Å². The second-order valence-corrected chi connectivity index (χ2v) is 5.69. The monoisotopic (exact) mass is 255 g/mol. The van der Waals surface area contributed by atoms with Crippen molar-refractivity contribution in [2.45, 2.75) is 71.3 Å². The summed E-state index contributed by atoms with van der Waals surface area (Å²) in [6.45, 7) is 7.50. The number of hydrogen-bond donors (Lipinski definition) is 1. The summed E-state index contributed by atoms with van der Waals surface area (Å²) in [6.07, 6.45) is 8.28. The maximum atomic E-state index is 12.1. The number of esters is 1. The second-order valence-electron chi connectivity index (χ2n) is 5.69. The molecule has 0 aromatic rings. The van der Waals surface area contributed by atoms with Crippen molar-refractivity contribution in [1.29, 1.82) is 0 Å². The fraction of sp³-hybridized carbons (Fsp3) is 0.933. The standard InChI is InChI=1S/C15H29NO2/c1-4-6-7-8-11-15(3,14(17)18-5-2)16-12-13-9-10-13/h13,16H,4-12H2,1-3H3. The van der Waals surface area contributed by atoms with E-state index in [0.29, 0.717) is 6.61 Å². The van der Waals surface area contributed by atoms with E-state index in [4.69, 9.17) is 4.74 Å². The van der Waals surface area contributed by atoms with Gasteiger partial charge >= 0.3 is 5.97 Å². The molecule has 0 aliphatic heterocycles. The highest BCUT2D eigenvalue weighted by atomic mass is 16.5. The SMILES string of the molecule is CCCCCCC(C)(NCC1CC1)C(=O)OCC. The molecule has 1 aliphatic carbocycles. The summed E-state index contributed by atoms with van der Waals surface area (Å²) < 4.78 is 5.22. The average Bonchev–Trinajstić information content (AvgIpc) is 3.16. The molecular formula is C15H29NO2. The Hall–Kier alpha value is -0.570. The maximum Gasteiger partial charge on any atom is 0.326 e. The summed E-state index contributed by atoms with van der Waals surface area (Å²) >= 11 is 0. The van der Waals surface area contributed by atoms with Crippen LogP contribution in [-0.2, 0) is 9.53 Å². The topological polar surface area (TPSA) is 38.3 Å². The van der Waals surface area contributed by atoms with Crippen molar-refractivity contribution in [2.24, 2.45) is 5.92 Å². The van der Waals surface area contributed by atoms with E-state index in [2.05, 4.69) is 12.2 Å². The average molecular weight is 255 g/mol. The van der Waals surface area contributed by atoms with Crippen molar-refractivity contribution in [3.8, 4) is 0 Å². The van der Waals surface area contributed by atoms with Crippen LogP contribution in [0.15, 0.2) is 0 Å². The van der Waals surface area contributed by atoms with Gasteiger partial charge in [-0.3, -0.25) is 4.79 Å². The van der Waals surface area contributed by atoms with Crippen LogP contribution in [0.25, 0.3) is 0 Å². The van der Waals surface area contributed by atoms with E-state index >= 15 is 0 Å². The van der Waals surface area contributed by atoms with Crippen molar-refractivity contribution in [3.05, 3.63) is 0 Å². The Morgan fingerprint density at radius 3 is 2.56 bits per heavy atom. The summed E-state index contributed by atoms with van der Waals surface area (Å²) in [6, 6.07) is 0. The van der Waals surface area contributed by atoms with E-state index in [0.717, 1.165) is 25.3 Å². The highest BCUT2D eigenvalue weighted by molar-refractivity contribution is 5.80. The molecule has 1 aliphatic rings. The Labute approximate surface area is 112 Å². The van der Waals surface area contributed by atoms with Crippen molar-refractivity contribution in [1.82, 2.24) is 5.32 Å². The van der Waals surface area contributed by atoms with Crippen LogP contribution < -0.4 is 5.32 Å². The van der Waals surface area contributed by atoms with E-state index in [1.807, 2.05) is 13.8 Å². The molecular weight excluding hydrogens is 226 g/mol. The third-order valence-electron chi connectivity index (χ3n) is 3.73. The largest absolute Gasteiger partial charge is 0.465 e. The Morgan fingerprint density at radius 2 is 2.00 bits per heavy atom. The molecule has 1 saturated carbocycles. The minimum absolute atomic E-state index is 0.0813. The lowest BCUT2D eigenvalue weighted by Crippen LogP contribution is -2.51. The quantitative estimate of drug-likeness (QED) is 0.481. The molecule has 1 fully saturated rings. The highest BCUT2D eigenvalue weighted by Crippen LogP contribution is 2.29. The van der Waals surface area contributed by atoms with Crippen LogP contribution >= 0.6 is 0 Å². The smallest absolute Gasteiger partial charge is 0.326 e. The molecule has 1 atom stereocenters. The van der Waals surface area contributed by atoms with E-state index in [1.165, 1.54) is 32.1 Å². The Morgan fingerprint density at radius 1 is 1.28 bits per heavy atom. The van der Waals surface area contributed by atoms with Crippen molar-refractivity contribution < 1.29 is 9.53 Å². The molecule has 0 spiro atoms. The van der Waals surface area contributed by atoms with Gasteiger partial charge in [-0.15, -0.1) is 0 Å². The summed E-state index contributed by atoms with van der Waals surface area (Å²) in [5.74, 6) is 0.705. The molecule has 0 saturated heterocycles. The summed E-state index contributed by atoms with van der Waals surface area (Å²) in [5.41, 5.74) is -0.480. The molecule has 1 N–H and O–H groups in total. The van der Waals surface area contributed by atoms with Crippen molar-refractivity contribution >= 4 is 5.97 Å². The molecule has 1 unspecified atom stereocenters. The number of unbranched alkanes of at least 4 members (excludes halogenated alkanes) is 3. The Balaban J connectivity index is 2.39. The second kappa shape index (κ2) is 7.78. The van der Waals surface area contributed by atoms with Gasteiger partial charge in [0.2, 0.25) is 0 Å². The fourth-order valence-electron chi connectivity index (χ4n) is 2.15. The minimum Gasteiger partial charge on any atom is -0.465 e. The molecule has 0 aromatic heterocycles. The van der Waals surface area contributed by atoms with E-state index in [1.54, 1.807) is 0 Å². The molecule has 1 rings (SSSR count). The summed E-state index contributed by atoms with van der Waals surface area (Å²) in [7, 11) is 0. The normalized spacial score (nSPS) is 18.4. The molecule has 0 aromatic carbocycles. The zero-order valence-electron chi connectivity index (χ0n) is 12.3.